The van der Waals surface area contributed by atoms with Crippen LogP contribution in [0.15, 0.2) is 76.3 Å². The number of aryl methyl sites for hydroxylation is 1. The first kappa shape index (κ1) is 20.0. The zero-order valence-corrected chi connectivity index (χ0v) is 17.5. The standard InChI is InChI=1S/C24H22N4O4/c1-15-6-5-9-17(12-15)27-21(29)19-11-10-18(13-20(19)22(27)30)28-24(32)26(23(31)25-28)14-16-7-3-2-4-8-16/h2-12,18-20H,13-14H2,1H3,(H,25,31). The van der Waals surface area contributed by atoms with Crippen LogP contribution in [0.4, 0.5) is 5.69 Å². The first-order chi connectivity index (χ1) is 15.4. The van der Waals surface area contributed by atoms with Crippen molar-refractivity contribution < 1.29 is 9.59 Å². The highest BCUT2D eigenvalue weighted by atomic mass is 16.2. The number of imide groups is 1. The Morgan fingerprint density at radius 2 is 1.72 bits per heavy atom. The van der Waals surface area contributed by atoms with Crippen LogP contribution in [-0.2, 0) is 16.1 Å². The maximum absolute atomic E-state index is 13.1. The number of aromatic nitrogens is 3. The van der Waals surface area contributed by atoms with Crippen molar-refractivity contribution in [2.45, 2.75) is 25.9 Å². The van der Waals surface area contributed by atoms with Crippen LogP contribution in [0.2, 0.25) is 0 Å². The van der Waals surface area contributed by atoms with E-state index in [0.29, 0.717) is 5.69 Å². The van der Waals surface area contributed by atoms with Crippen LogP contribution in [0.1, 0.15) is 23.6 Å². The molecule has 1 saturated heterocycles. The number of allylic oxidation sites excluding steroid dienone is 1. The molecule has 5 rings (SSSR count). The number of carbonyl (C=O) groups excluding carboxylic acids is 2. The van der Waals surface area contributed by atoms with E-state index in [-0.39, 0.29) is 24.8 Å². The van der Waals surface area contributed by atoms with Gasteiger partial charge in [-0.15, -0.1) is 0 Å². The molecule has 8 nitrogen and oxygen atoms in total. The fourth-order valence-electron chi connectivity index (χ4n) is 4.57. The lowest BCUT2D eigenvalue weighted by Gasteiger charge is -2.23. The van der Waals surface area contributed by atoms with Gasteiger partial charge in [0.15, 0.2) is 0 Å². The van der Waals surface area contributed by atoms with Gasteiger partial charge >= 0.3 is 11.4 Å². The maximum atomic E-state index is 13.1. The van der Waals surface area contributed by atoms with E-state index >= 15 is 0 Å². The van der Waals surface area contributed by atoms with E-state index in [2.05, 4.69) is 5.10 Å². The number of H-pyrrole nitrogens is 1. The molecule has 0 saturated carbocycles. The molecule has 8 heteroatoms. The molecule has 1 aromatic heterocycles. The number of carbonyl (C=O) groups is 2. The zero-order chi connectivity index (χ0) is 22.4. The topological polar surface area (TPSA) is 97.2 Å². The largest absolute Gasteiger partial charge is 0.347 e. The van der Waals surface area contributed by atoms with Gasteiger partial charge in [-0.05, 0) is 36.6 Å². The molecule has 1 aliphatic carbocycles. The molecule has 0 bridgehead atoms. The number of benzene rings is 2. The monoisotopic (exact) mass is 430 g/mol. The number of aromatic amines is 1. The number of nitrogens with zero attached hydrogens (tertiary/aromatic N) is 3. The number of nitrogens with one attached hydrogen (secondary N) is 1. The first-order valence-electron chi connectivity index (χ1n) is 10.5. The Labute approximate surface area is 183 Å². The van der Waals surface area contributed by atoms with E-state index in [4.69, 9.17) is 0 Å². The minimum atomic E-state index is -0.578. The molecule has 3 aromatic rings. The minimum Gasteiger partial charge on any atom is -0.274 e. The Hall–Kier alpha value is -3.94. The van der Waals surface area contributed by atoms with Crippen LogP contribution in [0.25, 0.3) is 0 Å². The summed E-state index contributed by atoms with van der Waals surface area (Å²) >= 11 is 0. The van der Waals surface area contributed by atoms with Crippen molar-refractivity contribution in [2.24, 2.45) is 11.8 Å². The quantitative estimate of drug-likeness (QED) is 0.506. The zero-order valence-electron chi connectivity index (χ0n) is 17.5. The number of rotatable bonds is 4. The molecule has 0 radical (unpaired) electrons. The van der Waals surface area contributed by atoms with Crippen LogP contribution in [0.3, 0.4) is 0 Å². The summed E-state index contributed by atoms with van der Waals surface area (Å²) in [5, 5.41) is 2.61. The normalized spacial score (nSPS) is 22.4. The molecule has 162 valence electrons. The SMILES string of the molecule is Cc1cccc(N2C(=O)C3C=CC(n4[nH]c(=O)n(Cc5ccccc5)c4=O)CC3C2=O)c1. The van der Waals surface area contributed by atoms with Gasteiger partial charge in [-0.25, -0.2) is 28.8 Å². The number of hydrogen-bond acceptors (Lipinski definition) is 4. The summed E-state index contributed by atoms with van der Waals surface area (Å²) < 4.78 is 2.39. The summed E-state index contributed by atoms with van der Waals surface area (Å²) in [7, 11) is 0. The Balaban J connectivity index is 1.43. The summed E-state index contributed by atoms with van der Waals surface area (Å²) in [6.45, 7) is 2.06. The average molecular weight is 430 g/mol. The number of anilines is 1. The van der Waals surface area contributed by atoms with Crippen LogP contribution < -0.4 is 16.3 Å². The molecule has 1 N–H and O–H groups in total. The van der Waals surface area contributed by atoms with Crippen molar-refractivity contribution in [3.8, 4) is 0 Å². The minimum absolute atomic E-state index is 0.156. The molecule has 32 heavy (non-hydrogen) atoms. The van der Waals surface area contributed by atoms with Gasteiger partial charge in [-0.2, -0.15) is 0 Å². The molecule has 1 aliphatic heterocycles. The lowest BCUT2D eigenvalue weighted by molar-refractivity contribution is -0.122. The highest BCUT2D eigenvalue weighted by molar-refractivity contribution is 6.22. The smallest absolute Gasteiger partial charge is 0.274 e. The predicted octanol–water partition coefficient (Wildman–Crippen LogP) is 2.00. The molecule has 2 heterocycles. The van der Waals surface area contributed by atoms with Gasteiger partial charge < -0.3 is 0 Å². The summed E-state index contributed by atoms with van der Waals surface area (Å²) in [5.74, 6) is -1.68. The second-order valence-corrected chi connectivity index (χ2v) is 8.31. The van der Waals surface area contributed by atoms with Gasteiger partial charge in [0, 0.05) is 0 Å². The van der Waals surface area contributed by atoms with Crippen LogP contribution in [0, 0.1) is 18.8 Å². The third-order valence-corrected chi connectivity index (χ3v) is 6.19. The Morgan fingerprint density at radius 1 is 0.938 bits per heavy atom. The lowest BCUT2D eigenvalue weighted by Crippen LogP contribution is -2.33. The van der Waals surface area contributed by atoms with Gasteiger partial charge in [0.1, 0.15) is 0 Å². The molecule has 3 unspecified atom stereocenters. The number of amides is 2. The van der Waals surface area contributed by atoms with Crippen LogP contribution in [-0.4, -0.2) is 26.2 Å². The molecular formula is C24H22N4O4. The summed E-state index contributed by atoms with van der Waals surface area (Å²) in [5.41, 5.74) is 1.36. The average Bonchev–Trinajstić information content (AvgIpc) is 3.21. The van der Waals surface area contributed by atoms with Gasteiger partial charge in [0.2, 0.25) is 11.8 Å². The number of hydrogen-bond donors (Lipinski definition) is 1. The third-order valence-electron chi connectivity index (χ3n) is 6.19. The highest BCUT2D eigenvalue weighted by Crippen LogP contribution is 2.39. The van der Waals surface area contributed by atoms with E-state index in [0.717, 1.165) is 15.7 Å². The second-order valence-electron chi connectivity index (χ2n) is 8.31. The molecule has 2 amide bonds. The fourth-order valence-corrected chi connectivity index (χ4v) is 4.57. The highest BCUT2D eigenvalue weighted by Gasteiger charge is 2.49. The van der Waals surface area contributed by atoms with Gasteiger partial charge in [-0.3, -0.25) is 9.59 Å². The Morgan fingerprint density at radius 3 is 2.47 bits per heavy atom. The van der Waals surface area contributed by atoms with Crippen molar-refractivity contribution >= 4 is 17.5 Å². The molecule has 3 atom stereocenters. The molecule has 2 aliphatic rings. The molecule has 1 fully saturated rings. The van der Waals surface area contributed by atoms with E-state index < -0.39 is 29.3 Å². The van der Waals surface area contributed by atoms with Gasteiger partial charge in [0.25, 0.3) is 0 Å². The maximum Gasteiger partial charge on any atom is 0.347 e. The number of fused-ring (bicyclic) bond motifs is 1. The van der Waals surface area contributed by atoms with Crippen molar-refractivity contribution in [3.63, 3.8) is 0 Å². The second kappa shape index (κ2) is 7.64. The third kappa shape index (κ3) is 3.24. The van der Waals surface area contributed by atoms with E-state index in [9.17, 15) is 19.2 Å². The first-order valence-corrected chi connectivity index (χ1v) is 10.5. The van der Waals surface area contributed by atoms with Crippen molar-refractivity contribution in [2.75, 3.05) is 4.90 Å². The van der Waals surface area contributed by atoms with Crippen molar-refractivity contribution in [1.82, 2.24) is 14.3 Å². The molecular weight excluding hydrogens is 408 g/mol. The van der Waals surface area contributed by atoms with Crippen molar-refractivity contribution in [1.29, 1.82) is 0 Å². The van der Waals surface area contributed by atoms with Crippen LogP contribution in [0.5, 0.6) is 0 Å². The van der Waals surface area contributed by atoms with Gasteiger partial charge in [-0.1, -0.05) is 54.6 Å². The lowest BCUT2D eigenvalue weighted by atomic mass is 9.84. The van der Waals surface area contributed by atoms with E-state index in [1.807, 2.05) is 49.4 Å². The van der Waals surface area contributed by atoms with Crippen LogP contribution >= 0.6 is 0 Å². The van der Waals surface area contributed by atoms with E-state index in [1.165, 1.54) is 9.58 Å². The van der Waals surface area contributed by atoms with Crippen molar-refractivity contribution in [3.05, 3.63) is 98.8 Å². The fraction of sp³-hybridized carbons (Fsp3) is 0.250. The summed E-state index contributed by atoms with van der Waals surface area (Å²) in [4.78, 5) is 52.7. The Kier molecular flexibility index (Phi) is 4.77. The summed E-state index contributed by atoms with van der Waals surface area (Å²) in [6.07, 6.45) is 3.68. The predicted molar refractivity (Wildman–Crippen MR) is 118 cm³/mol. The van der Waals surface area contributed by atoms with Gasteiger partial charge in [0.05, 0.1) is 30.1 Å². The Bertz CT molecular complexity index is 1350. The van der Waals surface area contributed by atoms with E-state index in [1.54, 1.807) is 24.3 Å². The molecule has 0 spiro atoms. The molecule has 2 aromatic carbocycles. The summed E-state index contributed by atoms with van der Waals surface area (Å²) in [6, 6.07) is 16.0.